The highest BCUT2D eigenvalue weighted by molar-refractivity contribution is 4.69. The van der Waals surface area contributed by atoms with Gasteiger partial charge in [-0.25, -0.2) is 0 Å². The molecule has 0 aromatic heterocycles. The Balaban J connectivity index is 2.04. The first-order chi connectivity index (χ1) is 6.64. The van der Waals surface area contributed by atoms with Crippen LogP contribution in [0, 0.1) is 5.92 Å². The predicted octanol–water partition coefficient (Wildman–Crippen LogP) is 0.324. The van der Waals surface area contributed by atoms with E-state index in [4.69, 9.17) is 15.2 Å². The Morgan fingerprint density at radius 2 is 2.00 bits per heavy atom. The standard InChI is InChI=1S/C10H22N2O2/c1-10(2)13-7-9(8-14-10)6-12-5-3-4-11/h9,12H,3-8,11H2,1-2H3. The second-order valence-corrected chi connectivity index (χ2v) is 4.23. The van der Waals surface area contributed by atoms with Crippen molar-refractivity contribution in [1.82, 2.24) is 5.32 Å². The van der Waals surface area contributed by atoms with Gasteiger partial charge in [-0.1, -0.05) is 0 Å². The average molecular weight is 202 g/mol. The van der Waals surface area contributed by atoms with Crippen molar-refractivity contribution in [1.29, 1.82) is 0 Å². The Hall–Kier alpha value is -0.160. The highest BCUT2D eigenvalue weighted by Gasteiger charge is 2.27. The van der Waals surface area contributed by atoms with Crippen LogP contribution >= 0.6 is 0 Å². The maximum Gasteiger partial charge on any atom is 0.162 e. The van der Waals surface area contributed by atoms with Crippen LogP contribution in [-0.4, -0.2) is 38.6 Å². The van der Waals surface area contributed by atoms with Gasteiger partial charge in [-0.2, -0.15) is 0 Å². The van der Waals surface area contributed by atoms with Crippen LogP contribution in [0.5, 0.6) is 0 Å². The summed E-state index contributed by atoms with van der Waals surface area (Å²) < 4.78 is 11.1. The van der Waals surface area contributed by atoms with Gasteiger partial charge in [-0.3, -0.25) is 0 Å². The van der Waals surface area contributed by atoms with E-state index < -0.39 is 5.79 Å². The van der Waals surface area contributed by atoms with Gasteiger partial charge >= 0.3 is 0 Å². The topological polar surface area (TPSA) is 56.5 Å². The Labute approximate surface area is 86.1 Å². The van der Waals surface area contributed by atoms with Crippen molar-refractivity contribution in [3.05, 3.63) is 0 Å². The normalized spacial score (nSPS) is 22.5. The molecule has 3 N–H and O–H groups in total. The van der Waals surface area contributed by atoms with Crippen molar-refractivity contribution in [2.24, 2.45) is 11.7 Å². The molecule has 0 atom stereocenters. The summed E-state index contributed by atoms with van der Waals surface area (Å²) in [6, 6.07) is 0. The third kappa shape index (κ3) is 4.37. The summed E-state index contributed by atoms with van der Waals surface area (Å²) >= 11 is 0. The lowest BCUT2D eigenvalue weighted by atomic mass is 10.1. The minimum absolute atomic E-state index is 0.395. The highest BCUT2D eigenvalue weighted by atomic mass is 16.7. The van der Waals surface area contributed by atoms with Crippen molar-refractivity contribution < 1.29 is 9.47 Å². The maximum atomic E-state index is 5.55. The van der Waals surface area contributed by atoms with Gasteiger partial charge in [0.2, 0.25) is 0 Å². The minimum Gasteiger partial charge on any atom is -0.350 e. The van der Waals surface area contributed by atoms with E-state index >= 15 is 0 Å². The summed E-state index contributed by atoms with van der Waals surface area (Å²) in [5.74, 6) is 0.0779. The van der Waals surface area contributed by atoms with Crippen molar-refractivity contribution in [2.45, 2.75) is 26.1 Å². The van der Waals surface area contributed by atoms with Crippen LogP contribution in [0.3, 0.4) is 0 Å². The van der Waals surface area contributed by atoms with E-state index in [9.17, 15) is 0 Å². The molecule has 0 aliphatic carbocycles. The van der Waals surface area contributed by atoms with E-state index in [2.05, 4.69) is 5.32 Å². The summed E-state index contributed by atoms with van der Waals surface area (Å²) in [4.78, 5) is 0. The first kappa shape index (κ1) is 11.9. The molecule has 1 rings (SSSR count). The number of hydrogen-bond acceptors (Lipinski definition) is 4. The molecule has 1 aliphatic heterocycles. The molecule has 1 heterocycles. The molecule has 0 unspecified atom stereocenters. The summed E-state index contributed by atoms with van der Waals surface area (Å²) in [7, 11) is 0. The Kier molecular flexibility index (Phi) is 4.81. The molecule has 0 aromatic rings. The van der Waals surface area contributed by atoms with Crippen molar-refractivity contribution >= 4 is 0 Å². The molecular weight excluding hydrogens is 180 g/mol. The van der Waals surface area contributed by atoms with Crippen LogP contribution in [0.4, 0.5) is 0 Å². The van der Waals surface area contributed by atoms with Crippen LogP contribution < -0.4 is 11.1 Å². The van der Waals surface area contributed by atoms with Gasteiger partial charge in [0.05, 0.1) is 13.2 Å². The zero-order valence-electron chi connectivity index (χ0n) is 9.21. The number of rotatable bonds is 5. The fraction of sp³-hybridized carbons (Fsp3) is 1.00. The Morgan fingerprint density at radius 3 is 2.57 bits per heavy atom. The van der Waals surface area contributed by atoms with Crippen LogP contribution in [0.2, 0.25) is 0 Å². The van der Waals surface area contributed by atoms with E-state index in [1.54, 1.807) is 0 Å². The lowest BCUT2D eigenvalue weighted by Gasteiger charge is -2.35. The van der Waals surface area contributed by atoms with Crippen molar-refractivity contribution in [2.75, 3.05) is 32.8 Å². The molecule has 84 valence electrons. The molecule has 0 saturated carbocycles. The number of hydrogen-bond donors (Lipinski definition) is 2. The number of nitrogens with two attached hydrogens (primary N) is 1. The molecule has 0 aromatic carbocycles. The summed E-state index contributed by atoms with van der Waals surface area (Å²) in [6.45, 7) is 8.14. The van der Waals surface area contributed by atoms with Crippen LogP contribution in [0.15, 0.2) is 0 Å². The predicted molar refractivity (Wildman–Crippen MR) is 56.0 cm³/mol. The Morgan fingerprint density at radius 1 is 1.36 bits per heavy atom. The van der Waals surface area contributed by atoms with E-state index in [1.807, 2.05) is 13.8 Å². The highest BCUT2D eigenvalue weighted by Crippen LogP contribution is 2.19. The zero-order valence-corrected chi connectivity index (χ0v) is 9.21. The zero-order chi connectivity index (χ0) is 10.4. The van der Waals surface area contributed by atoms with Gasteiger partial charge in [0.1, 0.15) is 0 Å². The van der Waals surface area contributed by atoms with Crippen molar-refractivity contribution in [3.63, 3.8) is 0 Å². The molecule has 4 nitrogen and oxygen atoms in total. The number of nitrogens with one attached hydrogen (secondary N) is 1. The fourth-order valence-electron chi connectivity index (χ4n) is 1.38. The number of ether oxygens (including phenoxy) is 2. The fourth-order valence-corrected chi connectivity index (χ4v) is 1.38. The van der Waals surface area contributed by atoms with E-state index in [1.165, 1.54) is 0 Å². The smallest absolute Gasteiger partial charge is 0.162 e. The molecule has 14 heavy (non-hydrogen) atoms. The van der Waals surface area contributed by atoms with Crippen LogP contribution in [-0.2, 0) is 9.47 Å². The largest absolute Gasteiger partial charge is 0.350 e. The van der Waals surface area contributed by atoms with Gasteiger partial charge in [-0.05, 0) is 33.4 Å². The second kappa shape index (κ2) is 5.66. The van der Waals surface area contributed by atoms with E-state index in [0.29, 0.717) is 5.92 Å². The van der Waals surface area contributed by atoms with Crippen LogP contribution in [0.25, 0.3) is 0 Å². The maximum absolute atomic E-state index is 5.55. The van der Waals surface area contributed by atoms with Gasteiger partial charge in [0.15, 0.2) is 5.79 Å². The average Bonchev–Trinajstić information content (AvgIpc) is 2.15. The van der Waals surface area contributed by atoms with Crippen LogP contribution in [0.1, 0.15) is 20.3 Å². The first-order valence-corrected chi connectivity index (χ1v) is 5.33. The molecule has 0 radical (unpaired) electrons. The van der Waals surface area contributed by atoms with Gasteiger partial charge < -0.3 is 20.5 Å². The SMILES string of the molecule is CC1(C)OCC(CNCCCN)CO1. The molecule has 0 bridgehead atoms. The molecule has 1 aliphatic rings. The van der Waals surface area contributed by atoms with E-state index in [0.717, 1.165) is 39.3 Å². The van der Waals surface area contributed by atoms with Crippen molar-refractivity contribution in [3.8, 4) is 0 Å². The summed E-state index contributed by atoms with van der Waals surface area (Å²) in [5, 5.41) is 3.34. The first-order valence-electron chi connectivity index (χ1n) is 5.33. The summed E-state index contributed by atoms with van der Waals surface area (Å²) in [5.41, 5.74) is 5.39. The monoisotopic (exact) mass is 202 g/mol. The molecular formula is C10H22N2O2. The third-order valence-corrected chi connectivity index (χ3v) is 2.32. The second-order valence-electron chi connectivity index (χ2n) is 4.23. The summed E-state index contributed by atoms with van der Waals surface area (Å²) in [6.07, 6.45) is 1.03. The third-order valence-electron chi connectivity index (χ3n) is 2.32. The molecule has 4 heteroatoms. The molecule has 0 spiro atoms. The molecule has 1 saturated heterocycles. The Bertz CT molecular complexity index is 152. The van der Waals surface area contributed by atoms with Gasteiger partial charge in [0, 0.05) is 12.5 Å². The minimum atomic E-state index is -0.395. The lowest BCUT2D eigenvalue weighted by Crippen LogP contribution is -2.42. The van der Waals surface area contributed by atoms with Gasteiger partial charge in [0.25, 0.3) is 0 Å². The molecule has 0 amide bonds. The molecule has 1 fully saturated rings. The lowest BCUT2D eigenvalue weighted by molar-refractivity contribution is -0.261. The quantitative estimate of drug-likeness (QED) is 0.631. The van der Waals surface area contributed by atoms with E-state index in [-0.39, 0.29) is 0 Å². The van der Waals surface area contributed by atoms with Gasteiger partial charge in [-0.15, -0.1) is 0 Å².